The number of anilines is 1. The number of hydrogen-bond acceptors (Lipinski definition) is 4. The number of hydrogen-bond donors (Lipinski definition) is 1. The van der Waals surface area contributed by atoms with E-state index in [1.54, 1.807) is 19.9 Å². The topological polar surface area (TPSA) is 86.8 Å². The van der Waals surface area contributed by atoms with Crippen LogP contribution in [-0.4, -0.2) is 50.5 Å². The molecule has 2 rings (SSSR count). The number of amides is 2. The number of nitrogens with zero attached hydrogens (tertiary/aromatic N) is 2. The van der Waals surface area contributed by atoms with E-state index in [1.165, 1.54) is 17.0 Å². The molecule has 7 nitrogen and oxygen atoms in total. The summed E-state index contributed by atoms with van der Waals surface area (Å²) >= 11 is 12.3. The number of likely N-dealkylation sites (N-methyl/N-ethyl adjacent to an activating group) is 1. The molecule has 31 heavy (non-hydrogen) atoms. The molecule has 2 aromatic carbocycles. The van der Waals surface area contributed by atoms with Gasteiger partial charge in [0.2, 0.25) is 21.8 Å². The molecular formula is C21H25Cl2N3O4S. The fraction of sp³-hybridized carbons (Fsp3) is 0.333. The van der Waals surface area contributed by atoms with Gasteiger partial charge in [0.15, 0.2) is 0 Å². The van der Waals surface area contributed by atoms with Crippen molar-refractivity contribution in [3.63, 3.8) is 0 Å². The first-order chi connectivity index (χ1) is 14.6. The zero-order valence-electron chi connectivity index (χ0n) is 17.5. The van der Waals surface area contributed by atoms with Crippen molar-refractivity contribution >= 4 is 50.7 Å². The van der Waals surface area contributed by atoms with Crippen molar-refractivity contribution in [1.82, 2.24) is 10.2 Å². The molecule has 0 aliphatic rings. The molecule has 2 amide bonds. The summed E-state index contributed by atoms with van der Waals surface area (Å²) in [7, 11) is -3.87. The molecule has 1 unspecified atom stereocenters. The van der Waals surface area contributed by atoms with Gasteiger partial charge in [-0.1, -0.05) is 59.6 Å². The van der Waals surface area contributed by atoms with Gasteiger partial charge in [-0.05, 0) is 31.5 Å². The highest BCUT2D eigenvalue weighted by molar-refractivity contribution is 7.92. The van der Waals surface area contributed by atoms with Gasteiger partial charge < -0.3 is 10.2 Å². The molecule has 0 saturated carbocycles. The Balaban J connectivity index is 2.41. The third kappa shape index (κ3) is 6.59. The zero-order chi connectivity index (χ0) is 23.2. The molecule has 168 valence electrons. The molecule has 2 aromatic rings. The number of rotatable bonds is 9. The fourth-order valence-electron chi connectivity index (χ4n) is 2.96. The van der Waals surface area contributed by atoms with Crippen LogP contribution in [0.15, 0.2) is 48.5 Å². The molecule has 1 N–H and O–H groups in total. The molecule has 0 fully saturated rings. The van der Waals surface area contributed by atoms with Crippen LogP contribution in [0, 0.1) is 0 Å². The first-order valence-electron chi connectivity index (χ1n) is 9.59. The second-order valence-corrected chi connectivity index (χ2v) is 9.61. The van der Waals surface area contributed by atoms with Gasteiger partial charge in [-0.25, -0.2) is 8.42 Å². The smallest absolute Gasteiger partial charge is 0.244 e. The highest BCUT2D eigenvalue weighted by atomic mass is 35.5. The largest absolute Gasteiger partial charge is 0.355 e. The van der Waals surface area contributed by atoms with E-state index in [0.717, 1.165) is 16.1 Å². The molecule has 0 radical (unpaired) electrons. The number of nitrogens with one attached hydrogen (secondary N) is 1. The molecule has 0 saturated heterocycles. The minimum atomic E-state index is -3.87. The summed E-state index contributed by atoms with van der Waals surface area (Å²) in [5.74, 6) is -0.887. The summed E-state index contributed by atoms with van der Waals surface area (Å²) in [6, 6.07) is 12.9. The van der Waals surface area contributed by atoms with E-state index in [1.807, 2.05) is 30.3 Å². The molecule has 1 atom stereocenters. The van der Waals surface area contributed by atoms with Gasteiger partial charge in [0, 0.05) is 13.1 Å². The van der Waals surface area contributed by atoms with Crippen molar-refractivity contribution in [2.75, 3.05) is 23.7 Å². The van der Waals surface area contributed by atoms with Gasteiger partial charge >= 0.3 is 0 Å². The van der Waals surface area contributed by atoms with Crippen LogP contribution >= 0.6 is 23.2 Å². The summed E-state index contributed by atoms with van der Waals surface area (Å²) in [6.45, 7) is 3.39. The van der Waals surface area contributed by atoms with Crippen LogP contribution in [0.5, 0.6) is 0 Å². The van der Waals surface area contributed by atoms with E-state index >= 15 is 0 Å². The Kier molecular flexibility index (Phi) is 8.73. The highest BCUT2D eigenvalue weighted by Gasteiger charge is 2.30. The maximum atomic E-state index is 13.3. The van der Waals surface area contributed by atoms with Gasteiger partial charge in [0.25, 0.3) is 0 Å². The van der Waals surface area contributed by atoms with Crippen molar-refractivity contribution in [1.29, 1.82) is 0 Å². The second kappa shape index (κ2) is 10.8. The van der Waals surface area contributed by atoms with E-state index < -0.39 is 28.5 Å². The molecule has 0 aliphatic heterocycles. The zero-order valence-corrected chi connectivity index (χ0v) is 19.8. The lowest BCUT2D eigenvalue weighted by Crippen LogP contribution is -2.51. The lowest BCUT2D eigenvalue weighted by molar-refractivity contribution is -0.139. The van der Waals surface area contributed by atoms with Crippen molar-refractivity contribution in [2.24, 2.45) is 0 Å². The first kappa shape index (κ1) is 25.0. The molecule has 0 aliphatic carbocycles. The summed E-state index contributed by atoms with van der Waals surface area (Å²) in [5, 5.41) is 2.88. The highest BCUT2D eigenvalue weighted by Crippen LogP contribution is 2.33. The maximum Gasteiger partial charge on any atom is 0.244 e. The number of sulfonamides is 1. The second-order valence-electron chi connectivity index (χ2n) is 6.92. The van der Waals surface area contributed by atoms with E-state index in [-0.39, 0.29) is 28.2 Å². The lowest BCUT2D eigenvalue weighted by Gasteiger charge is -2.31. The van der Waals surface area contributed by atoms with Crippen molar-refractivity contribution < 1.29 is 18.0 Å². The number of halogens is 2. The van der Waals surface area contributed by atoms with Crippen molar-refractivity contribution in [3.8, 4) is 0 Å². The average molecular weight is 486 g/mol. The molecule has 0 heterocycles. The quantitative estimate of drug-likeness (QED) is 0.589. The Hall–Kier alpha value is -2.29. The van der Waals surface area contributed by atoms with E-state index in [2.05, 4.69) is 5.32 Å². The van der Waals surface area contributed by atoms with Crippen LogP contribution in [0.1, 0.15) is 19.4 Å². The van der Waals surface area contributed by atoms with Gasteiger partial charge in [0.1, 0.15) is 12.6 Å². The van der Waals surface area contributed by atoms with Crippen LogP contribution in [0.2, 0.25) is 10.0 Å². The summed E-state index contributed by atoms with van der Waals surface area (Å²) in [6.07, 6.45) is 0.978. The Morgan fingerprint density at radius 3 is 2.29 bits per heavy atom. The van der Waals surface area contributed by atoms with Crippen LogP contribution in [0.3, 0.4) is 0 Å². The summed E-state index contributed by atoms with van der Waals surface area (Å²) < 4.78 is 25.9. The Morgan fingerprint density at radius 2 is 1.71 bits per heavy atom. The molecule has 0 spiro atoms. The summed E-state index contributed by atoms with van der Waals surface area (Å²) in [4.78, 5) is 27.1. The SMILES string of the molecule is CCNC(=O)C(C)N(Cc1ccccc1)C(=O)CN(c1cccc(Cl)c1Cl)S(C)(=O)=O. The number of carbonyl (C=O) groups is 2. The predicted octanol–water partition coefficient (Wildman–Crippen LogP) is 3.31. The average Bonchev–Trinajstić information content (AvgIpc) is 2.72. The third-order valence-electron chi connectivity index (χ3n) is 4.59. The fourth-order valence-corrected chi connectivity index (χ4v) is 4.27. The maximum absolute atomic E-state index is 13.3. The van der Waals surface area contributed by atoms with Gasteiger partial charge in [-0.2, -0.15) is 0 Å². The van der Waals surface area contributed by atoms with Crippen LogP contribution in [0.4, 0.5) is 5.69 Å². The minimum Gasteiger partial charge on any atom is -0.355 e. The van der Waals surface area contributed by atoms with Crippen LogP contribution in [0.25, 0.3) is 0 Å². The van der Waals surface area contributed by atoms with E-state index in [4.69, 9.17) is 23.2 Å². The van der Waals surface area contributed by atoms with Crippen molar-refractivity contribution in [3.05, 3.63) is 64.1 Å². The normalized spacial score (nSPS) is 12.2. The molecule has 0 aromatic heterocycles. The standard InChI is InChI=1S/C21H25Cl2N3O4S/c1-4-24-21(28)15(2)25(13-16-9-6-5-7-10-16)19(27)14-26(31(3,29)30)18-12-8-11-17(22)20(18)23/h5-12,15H,4,13-14H2,1-3H3,(H,24,28). The van der Waals surface area contributed by atoms with E-state index in [0.29, 0.717) is 6.54 Å². The number of benzene rings is 2. The van der Waals surface area contributed by atoms with Gasteiger partial charge in [0.05, 0.1) is 22.0 Å². The van der Waals surface area contributed by atoms with Crippen LogP contribution in [-0.2, 0) is 26.2 Å². The van der Waals surface area contributed by atoms with E-state index in [9.17, 15) is 18.0 Å². The Morgan fingerprint density at radius 1 is 1.06 bits per heavy atom. The lowest BCUT2D eigenvalue weighted by atomic mass is 10.1. The van der Waals surface area contributed by atoms with Crippen LogP contribution < -0.4 is 9.62 Å². The minimum absolute atomic E-state index is 0.0220. The monoisotopic (exact) mass is 485 g/mol. The number of carbonyl (C=O) groups excluding carboxylic acids is 2. The predicted molar refractivity (Wildman–Crippen MR) is 124 cm³/mol. The summed E-state index contributed by atoms with van der Waals surface area (Å²) in [5.41, 5.74) is 0.897. The Bertz CT molecular complexity index is 1030. The van der Waals surface area contributed by atoms with Crippen molar-refractivity contribution in [2.45, 2.75) is 26.4 Å². The van der Waals surface area contributed by atoms with Gasteiger partial charge in [-0.15, -0.1) is 0 Å². The molecule has 0 bridgehead atoms. The Labute approximate surface area is 193 Å². The third-order valence-corrected chi connectivity index (χ3v) is 6.53. The van der Waals surface area contributed by atoms with Gasteiger partial charge in [-0.3, -0.25) is 13.9 Å². The molecule has 10 heteroatoms. The molecular weight excluding hydrogens is 461 g/mol. The first-order valence-corrected chi connectivity index (χ1v) is 12.2.